The lowest BCUT2D eigenvalue weighted by molar-refractivity contribution is -0.137. The summed E-state index contributed by atoms with van der Waals surface area (Å²) in [6, 6.07) is 8.17. The van der Waals surface area contributed by atoms with Gasteiger partial charge in [0.1, 0.15) is 5.75 Å². The van der Waals surface area contributed by atoms with E-state index in [0.29, 0.717) is 0 Å². The van der Waals surface area contributed by atoms with E-state index in [9.17, 15) is 18.0 Å². The maximum atomic E-state index is 12.4. The van der Waals surface area contributed by atoms with Gasteiger partial charge >= 0.3 is 12.1 Å². The lowest BCUT2D eigenvalue weighted by Crippen LogP contribution is -2.05. The number of nitrogens with two attached hydrogens (primary N) is 1. The molecule has 2 rings (SSSR count). The van der Waals surface area contributed by atoms with E-state index < -0.39 is 17.7 Å². The number of halogens is 3. The number of carboxylic acids is 1. The Morgan fingerprint density at radius 2 is 1.71 bits per heavy atom. The van der Waals surface area contributed by atoms with E-state index in [1.807, 2.05) is 0 Å². The molecule has 0 amide bonds. The molecule has 0 aliphatic rings. The summed E-state index contributed by atoms with van der Waals surface area (Å²) < 4.78 is 42.6. The lowest BCUT2D eigenvalue weighted by atomic mass is 10.1. The van der Waals surface area contributed by atoms with Crippen LogP contribution >= 0.6 is 0 Å². The van der Waals surface area contributed by atoms with Gasteiger partial charge in [0.2, 0.25) is 0 Å². The minimum Gasteiger partial charge on any atom is -0.478 e. The summed E-state index contributed by atoms with van der Waals surface area (Å²) >= 11 is 0. The molecule has 0 radical (unpaired) electrons. The van der Waals surface area contributed by atoms with Crippen molar-refractivity contribution in [1.82, 2.24) is 0 Å². The van der Waals surface area contributed by atoms with Crippen molar-refractivity contribution in [3.8, 4) is 11.5 Å². The topological polar surface area (TPSA) is 72.5 Å². The van der Waals surface area contributed by atoms with Crippen LogP contribution in [0.25, 0.3) is 0 Å². The Hall–Kier alpha value is -2.70. The second-order valence-corrected chi connectivity index (χ2v) is 4.15. The van der Waals surface area contributed by atoms with Gasteiger partial charge in [-0.15, -0.1) is 0 Å². The maximum Gasteiger partial charge on any atom is 0.416 e. The number of carboxylic acid groups (broad SMARTS) is 1. The van der Waals surface area contributed by atoms with Crippen molar-refractivity contribution in [2.75, 3.05) is 5.73 Å². The van der Waals surface area contributed by atoms with Crippen LogP contribution in [0.1, 0.15) is 15.9 Å². The zero-order valence-corrected chi connectivity index (χ0v) is 10.5. The summed E-state index contributed by atoms with van der Waals surface area (Å²) in [4.78, 5) is 10.9. The van der Waals surface area contributed by atoms with Crippen LogP contribution in [0.3, 0.4) is 0 Å². The van der Waals surface area contributed by atoms with E-state index in [1.54, 1.807) is 0 Å². The monoisotopic (exact) mass is 297 g/mol. The number of para-hydroxylation sites is 1. The average Bonchev–Trinajstić information content (AvgIpc) is 2.40. The third kappa shape index (κ3) is 3.25. The summed E-state index contributed by atoms with van der Waals surface area (Å²) in [5, 5.41) is 8.92. The molecule has 0 saturated carbocycles. The Bertz CT molecular complexity index is 666. The predicted octanol–water partition coefficient (Wildman–Crippen LogP) is 3.78. The highest BCUT2D eigenvalue weighted by Crippen LogP contribution is 2.33. The Kier molecular flexibility index (Phi) is 3.75. The SMILES string of the molecule is Nc1c(Oc2ccc(C(F)(F)F)cc2)cccc1C(=O)O. The molecule has 2 aromatic rings. The number of rotatable bonds is 3. The molecule has 110 valence electrons. The van der Waals surface area contributed by atoms with Crippen LogP contribution in [0.5, 0.6) is 11.5 Å². The number of ether oxygens (including phenoxy) is 1. The average molecular weight is 297 g/mol. The Morgan fingerprint density at radius 1 is 1.10 bits per heavy atom. The minimum atomic E-state index is -4.43. The molecule has 0 atom stereocenters. The number of benzene rings is 2. The minimum absolute atomic E-state index is 0.0645. The van der Waals surface area contributed by atoms with E-state index in [1.165, 1.54) is 18.2 Å². The Balaban J connectivity index is 2.27. The highest BCUT2D eigenvalue weighted by molar-refractivity contribution is 5.95. The summed E-state index contributed by atoms with van der Waals surface area (Å²) in [6.45, 7) is 0. The summed E-state index contributed by atoms with van der Waals surface area (Å²) in [5.74, 6) is -1.03. The van der Waals surface area contributed by atoms with Gasteiger partial charge in [-0.1, -0.05) is 6.07 Å². The van der Waals surface area contributed by atoms with Crippen LogP contribution in [0.15, 0.2) is 42.5 Å². The van der Waals surface area contributed by atoms with Gasteiger partial charge in [0.05, 0.1) is 16.8 Å². The van der Waals surface area contributed by atoms with Gasteiger partial charge in [-0.05, 0) is 36.4 Å². The summed E-state index contributed by atoms with van der Waals surface area (Å²) in [6.07, 6.45) is -4.43. The molecule has 21 heavy (non-hydrogen) atoms. The molecule has 0 heterocycles. The number of hydrogen-bond acceptors (Lipinski definition) is 3. The van der Waals surface area contributed by atoms with E-state index in [4.69, 9.17) is 15.6 Å². The molecular weight excluding hydrogens is 287 g/mol. The van der Waals surface area contributed by atoms with Crippen LogP contribution in [0.2, 0.25) is 0 Å². The van der Waals surface area contributed by atoms with Crippen molar-refractivity contribution in [2.24, 2.45) is 0 Å². The molecule has 0 bridgehead atoms. The number of aromatic carboxylic acids is 1. The Morgan fingerprint density at radius 3 is 2.24 bits per heavy atom. The highest BCUT2D eigenvalue weighted by atomic mass is 19.4. The van der Waals surface area contributed by atoms with Crippen LogP contribution < -0.4 is 10.5 Å². The van der Waals surface area contributed by atoms with Crippen molar-refractivity contribution in [2.45, 2.75) is 6.18 Å². The number of hydrogen-bond donors (Lipinski definition) is 2. The first kappa shape index (κ1) is 14.7. The molecule has 0 spiro atoms. The molecule has 0 fully saturated rings. The first-order valence-corrected chi connectivity index (χ1v) is 5.76. The van der Waals surface area contributed by atoms with E-state index >= 15 is 0 Å². The first-order valence-electron chi connectivity index (χ1n) is 5.76. The molecule has 2 aromatic carbocycles. The molecule has 0 aliphatic heterocycles. The number of carbonyl (C=O) groups is 1. The zero-order chi connectivity index (χ0) is 15.6. The fraction of sp³-hybridized carbons (Fsp3) is 0.0714. The summed E-state index contributed by atoms with van der Waals surface area (Å²) in [5.41, 5.74) is 4.61. The summed E-state index contributed by atoms with van der Waals surface area (Å²) in [7, 11) is 0. The predicted molar refractivity (Wildman–Crippen MR) is 69.3 cm³/mol. The lowest BCUT2D eigenvalue weighted by Gasteiger charge is -2.11. The largest absolute Gasteiger partial charge is 0.478 e. The van der Waals surface area contributed by atoms with Crippen LogP contribution in [-0.4, -0.2) is 11.1 Å². The van der Waals surface area contributed by atoms with Crippen LogP contribution in [0, 0.1) is 0 Å². The molecule has 7 heteroatoms. The Labute approximate surface area is 117 Å². The standard InChI is InChI=1S/C14H10F3NO3/c15-14(16,17)8-4-6-9(7-5-8)21-11-3-1-2-10(12(11)18)13(19)20/h1-7H,18H2,(H,19,20). The first-order chi connectivity index (χ1) is 9.79. The van der Waals surface area contributed by atoms with Crippen molar-refractivity contribution < 1.29 is 27.8 Å². The van der Waals surface area contributed by atoms with E-state index in [0.717, 1.165) is 24.3 Å². The van der Waals surface area contributed by atoms with Gasteiger partial charge in [0.25, 0.3) is 0 Å². The zero-order valence-electron chi connectivity index (χ0n) is 10.5. The van der Waals surface area contributed by atoms with Crippen molar-refractivity contribution in [1.29, 1.82) is 0 Å². The molecule has 0 aromatic heterocycles. The van der Waals surface area contributed by atoms with Gasteiger partial charge in [0.15, 0.2) is 5.75 Å². The fourth-order valence-electron chi connectivity index (χ4n) is 1.66. The van der Waals surface area contributed by atoms with E-state index in [-0.39, 0.29) is 22.7 Å². The van der Waals surface area contributed by atoms with Gasteiger partial charge in [-0.25, -0.2) is 4.79 Å². The smallest absolute Gasteiger partial charge is 0.416 e. The fourth-order valence-corrected chi connectivity index (χ4v) is 1.66. The third-order valence-electron chi connectivity index (χ3n) is 2.71. The molecule has 0 aliphatic carbocycles. The van der Waals surface area contributed by atoms with Crippen LogP contribution in [-0.2, 0) is 6.18 Å². The van der Waals surface area contributed by atoms with Gasteiger partial charge in [0, 0.05) is 0 Å². The highest BCUT2D eigenvalue weighted by Gasteiger charge is 2.30. The second-order valence-electron chi connectivity index (χ2n) is 4.15. The molecule has 3 N–H and O–H groups in total. The quantitative estimate of drug-likeness (QED) is 0.846. The van der Waals surface area contributed by atoms with Gasteiger partial charge in [-0.3, -0.25) is 0 Å². The third-order valence-corrected chi connectivity index (χ3v) is 2.71. The van der Waals surface area contributed by atoms with Crippen LogP contribution in [0.4, 0.5) is 18.9 Å². The van der Waals surface area contributed by atoms with Gasteiger partial charge in [-0.2, -0.15) is 13.2 Å². The molecular formula is C14H10F3NO3. The van der Waals surface area contributed by atoms with Crippen molar-refractivity contribution >= 4 is 11.7 Å². The maximum absolute atomic E-state index is 12.4. The van der Waals surface area contributed by atoms with Crippen molar-refractivity contribution in [3.05, 3.63) is 53.6 Å². The number of nitrogen functional groups attached to an aromatic ring is 1. The number of alkyl halides is 3. The molecule has 4 nitrogen and oxygen atoms in total. The molecule has 0 saturated heterocycles. The number of anilines is 1. The van der Waals surface area contributed by atoms with Gasteiger partial charge < -0.3 is 15.6 Å². The van der Waals surface area contributed by atoms with Crippen molar-refractivity contribution in [3.63, 3.8) is 0 Å². The second kappa shape index (κ2) is 5.35. The molecule has 0 unspecified atom stereocenters. The van der Waals surface area contributed by atoms with E-state index in [2.05, 4.69) is 0 Å². The normalized spacial score (nSPS) is 11.2.